The van der Waals surface area contributed by atoms with E-state index in [2.05, 4.69) is 24.3 Å². The number of rotatable bonds is 5. The SMILES string of the molecule is COc1cc(CCO)ccc1Cc1ccccc1. The quantitative estimate of drug-likeness (QED) is 0.873. The average molecular weight is 242 g/mol. The predicted octanol–water partition coefficient (Wildman–Crippen LogP) is 2.82. The van der Waals surface area contributed by atoms with Gasteiger partial charge >= 0.3 is 0 Å². The van der Waals surface area contributed by atoms with Crippen molar-refractivity contribution in [2.24, 2.45) is 0 Å². The Bertz CT molecular complexity index is 492. The van der Waals surface area contributed by atoms with Crippen molar-refractivity contribution in [2.75, 3.05) is 13.7 Å². The molecule has 18 heavy (non-hydrogen) atoms. The Hall–Kier alpha value is -1.80. The van der Waals surface area contributed by atoms with Crippen LogP contribution in [0, 0.1) is 0 Å². The lowest BCUT2D eigenvalue weighted by molar-refractivity contribution is 0.299. The van der Waals surface area contributed by atoms with Crippen molar-refractivity contribution >= 4 is 0 Å². The van der Waals surface area contributed by atoms with Crippen molar-refractivity contribution in [2.45, 2.75) is 12.8 Å². The average Bonchev–Trinajstić information content (AvgIpc) is 2.42. The maximum absolute atomic E-state index is 8.95. The molecule has 0 fully saturated rings. The third-order valence-electron chi connectivity index (χ3n) is 2.99. The molecule has 0 aliphatic heterocycles. The Labute approximate surface area is 108 Å². The first-order chi connectivity index (χ1) is 8.83. The molecule has 0 bridgehead atoms. The van der Waals surface area contributed by atoms with Crippen LogP contribution in [0.2, 0.25) is 0 Å². The van der Waals surface area contributed by atoms with Crippen LogP contribution < -0.4 is 4.74 Å². The highest BCUT2D eigenvalue weighted by Gasteiger charge is 2.05. The van der Waals surface area contributed by atoms with Crippen molar-refractivity contribution in [3.8, 4) is 5.75 Å². The molecule has 2 nitrogen and oxygen atoms in total. The molecule has 0 saturated heterocycles. The summed E-state index contributed by atoms with van der Waals surface area (Å²) in [5.74, 6) is 0.893. The summed E-state index contributed by atoms with van der Waals surface area (Å²) < 4.78 is 5.42. The van der Waals surface area contributed by atoms with Crippen LogP contribution in [-0.4, -0.2) is 18.8 Å². The minimum Gasteiger partial charge on any atom is -0.496 e. The third kappa shape index (κ3) is 3.11. The zero-order valence-corrected chi connectivity index (χ0v) is 10.6. The first kappa shape index (κ1) is 12.7. The van der Waals surface area contributed by atoms with E-state index in [1.807, 2.05) is 24.3 Å². The van der Waals surface area contributed by atoms with Gasteiger partial charge < -0.3 is 9.84 Å². The van der Waals surface area contributed by atoms with Crippen LogP contribution in [0.4, 0.5) is 0 Å². The number of hydrogen-bond acceptors (Lipinski definition) is 2. The van der Waals surface area contributed by atoms with Crippen LogP contribution in [0.5, 0.6) is 5.75 Å². The molecule has 0 atom stereocenters. The smallest absolute Gasteiger partial charge is 0.122 e. The lowest BCUT2D eigenvalue weighted by atomic mass is 10.0. The lowest BCUT2D eigenvalue weighted by Crippen LogP contribution is -1.97. The van der Waals surface area contributed by atoms with Gasteiger partial charge in [0.1, 0.15) is 5.75 Å². The number of aliphatic hydroxyl groups is 1. The highest BCUT2D eigenvalue weighted by molar-refractivity contribution is 5.40. The van der Waals surface area contributed by atoms with Gasteiger partial charge in [-0.25, -0.2) is 0 Å². The minimum atomic E-state index is 0.168. The summed E-state index contributed by atoms with van der Waals surface area (Å²) in [6.07, 6.45) is 1.53. The van der Waals surface area contributed by atoms with Crippen LogP contribution >= 0.6 is 0 Å². The number of methoxy groups -OCH3 is 1. The van der Waals surface area contributed by atoms with E-state index in [1.165, 1.54) is 11.1 Å². The molecule has 0 spiro atoms. The second kappa shape index (κ2) is 6.22. The molecule has 0 heterocycles. The van der Waals surface area contributed by atoms with Gasteiger partial charge in [-0.1, -0.05) is 42.5 Å². The molecule has 0 amide bonds. The molecule has 0 radical (unpaired) electrons. The maximum Gasteiger partial charge on any atom is 0.122 e. The Morgan fingerprint density at radius 2 is 1.78 bits per heavy atom. The predicted molar refractivity (Wildman–Crippen MR) is 73.0 cm³/mol. The minimum absolute atomic E-state index is 0.168. The second-order valence-electron chi connectivity index (χ2n) is 4.28. The van der Waals surface area contributed by atoms with Gasteiger partial charge in [0.05, 0.1) is 7.11 Å². The fraction of sp³-hybridized carbons (Fsp3) is 0.250. The van der Waals surface area contributed by atoms with Crippen molar-refractivity contribution in [1.82, 2.24) is 0 Å². The van der Waals surface area contributed by atoms with Crippen LogP contribution in [0.3, 0.4) is 0 Å². The summed E-state index contributed by atoms with van der Waals surface area (Å²) in [5.41, 5.74) is 3.54. The van der Waals surface area contributed by atoms with Gasteiger partial charge in [-0.05, 0) is 29.2 Å². The Kier molecular flexibility index (Phi) is 4.37. The van der Waals surface area contributed by atoms with Gasteiger partial charge in [-0.2, -0.15) is 0 Å². The zero-order chi connectivity index (χ0) is 12.8. The number of hydrogen-bond donors (Lipinski definition) is 1. The van der Waals surface area contributed by atoms with Gasteiger partial charge in [-0.15, -0.1) is 0 Å². The van der Waals surface area contributed by atoms with Crippen LogP contribution in [0.15, 0.2) is 48.5 Å². The second-order valence-corrected chi connectivity index (χ2v) is 4.28. The fourth-order valence-corrected chi connectivity index (χ4v) is 2.04. The largest absolute Gasteiger partial charge is 0.496 e. The standard InChI is InChI=1S/C16H18O2/c1-18-16-12-14(9-10-17)7-8-15(16)11-13-5-3-2-4-6-13/h2-8,12,17H,9-11H2,1H3. The van der Waals surface area contributed by atoms with Gasteiger partial charge in [0.15, 0.2) is 0 Å². The molecule has 0 aliphatic carbocycles. The number of benzene rings is 2. The molecular weight excluding hydrogens is 224 g/mol. The van der Waals surface area contributed by atoms with E-state index in [4.69, 9.17) is 9.84 Å². The van der Waals surface area contributed by atoms with Gasteiger partial charge in [0.25, 0.3) is 0 Å². The van der Waals surface area contributed by atoms with Crippen LogP contribution in [0.1, 0.15) is 16.7 Å². The maximum atomic E-state index is 8.95. The topological polar surface area (TPSA) is 29.5 Å². The fourth-order valence-electron chi connectivity index (χ4n) is 2.04. The monoisotopic (exact) mass is 242 g/mol. The normalized spacial score (nSPS) is 10.3. The first-order valence-corrected chi connectivity index (χ1v) is 6.14. The molecule has 2 rings (SSSR count). The van der Waals surface area contributed by atoms with Crippen molar-refractivity contribution in [1.29, 1.82) is 0 Å². The van der Waals surface area contributed by atoms with E-state index in [-0.39, 0.29) is 6.61 Å². The Balaban J connectivity index is 2.22. The van der Waals surface area contributed by atoms with Crippen molar-refractivity contribution in [3.63, 3.8) is 0 Å². The van der Waals surface area contributed by atoms with E-state index in [9.17, 15) is 0 Å². The Morgan fingerprint density at radius 3 is 2.44 bits per heavy atom. The molecule has 94 valence electrons. The van der Waals surface area contributed by atoms with E-state index >= 15 is 0 Å². The van der Waals surface area contributed by atoms with Gasteiger partial charge in [-0.3, -0.25) is 0 Å². The molecule has 2 aromatic rings. The van der Waals surface area contributed by atoms with Gasteiger partial charge in [0.2, 0.25) is 0 Å². The first-order valence-electron chi connectivity index (χ1n) is 6.14. The molecule has 0 unspecified atom stereocenters. The van der Waals surface area contributed by atoms with E-state index in [1.54, 1.807) is 7.11 Å². The molecular formula is C16H18O2. The summed E-state index contributed by atoms with van der Waals surface area (Å²) in [6.45, 7) is 0.168. The molecule has 2 heteroatoms. The highest BCUT2D eigenvalue weighted by atomic mass is 16.5. The molecule has 1 N–H and O–H groups in total. The highest BCUT2D eigenvalue weighted by Crippen LogP contribution is 2.23. The summed E-state index contributed by atoms with van der Waals surface area (Å²) in [6, 6.07) is 16.5. The van der Waals surface area contributed by atoms with Crippen molar-refractivity contribution in [3.05, 3.63) is 65.2 Å². The Morgan fingerprint density at radius 1 is 1.00 bits per heavy atom. The lowest BCUT2D eigenvalue weighted by Gasteiger charge is -2.10. The van der Waals surface area contributed by atoms with E-state index in [0.29, 0.717) is 6.42 Å². The number of ether oxygens (including phenoxy) is 1. The number of aliphatic hydroxyl groups excluding tert-OH is 1. The summed E-state index contributed by atoms with van der Waals surface area (Å²) in [4.78, 5) is 0. The van der Waals surface area contributed by atoms with Crippen molar-refractivity contribution < 1.29 is 9.84 Å². The van der Waals surface area contributed by atoms with Crippen LogP contribution in [-0.2, 0) is 12.8 Å². The van der Waals surface area contributed by atoms with E-state index < -0.39 is 0 Å². The van der Waals surface area contributed by atoms with Gasteiger partial charge in [0, 0.05) is 13.0 Å². The third-order valence-corrected chi connectivity index (χ3v) is 2.99. The molecule has 0 aliphatic rings. The zero-order valence-electron chi connectivity index (χ0n) is 10.6. The summed E-state index contributed by atoms with van der Waals surface area (Å²) in [5, 5.41) is 8.95. The van der Waals surface area contributed by atoms with E-state index in [0.717, 1.165) is 17.7 Å². The molecule has 2 aromatic carbocycles. The summed E-state index contributed by atoms with van der Waals surface area (Å²) >= 11 is 0. The molecule has 0 saturated carbocycles. The molecule has 0 aromatic heterocycles. The van der Waals surface area contributed by atoms with Crippen LogP contribution in [0.25, 0.3) is 0 Å². The summed E-state index contributed by atoms with van der Waals surface area (Å²) in [7, 11) is 1.69.